The molecule has 1 aromatic carbocycles. The summed E-state index contributed by atoms with van der Waals surface area (Å²) in [6, 6.07) is 5.69. The molecule has 2 aliphatic rings. The van der Waals surface area contributed by atoms with Crippen molar-refractivity contribution < 1.29 is 9.90 Å². The number of hydrogen-bond acceptors (Lipinski definition) is 3. The number of anilines is 1. The molecule has 5 heteroatoms. The van der Waals surface area contributed by atoms with Crippen LogP contribution in [0.5, 0.6) is 5.75 Å². The maximum atomic E-state index is 12.3. The van der Waals surface area contributed by atoms with Crippen molar-refractivity contribution in [3.05, 3.63) is 23.8 Å². The van der Waals surface area contributed by atoms with Gasteiger partial charge in [-0.25, -0.2) is 0 Å². The Morgan fingerprint density at radius 1 is 1.33 bits per heavy atom. The van der Waals surface area contributed by atoms with E-state index in [9.17, 15) is 9.90 Å². The molecule has 3 rings (SSSR count). The monoisotopic (exact) mass is 310 g/mol. The van der Waals surface area contributed by atoms with Gasteiger partial charge in [-0.1, -0.05) is 18.9 Å². The van der Waals surface area contributed by atoms with Crippen LogP contribution in [0.15, 0.2) is 18.2 Å². The highest BCUT2D eigenvalue weighted by Gasteiger charge is 2.38. The van der Waals surface area contributed by atoms with Crippen molar-refractivity contribution in [2.75, 3.05) is 5.32 Å². The first-order chi connectivity index (χ1) is 9.63. The number of halogens is 1. The summed E-state index contributed by atoms with van der Waals surface area (Å²) in [7, 11) is 0. The molecular formula is C16H23ClN2O2. The molecule has 0 aromatic heterocycles. The van der Waals surface area contributed by atoms with Crippen molar-refractivity contribution >= 4 is 24.0 Å². The molecule has 0 radical (unpaired) electrons. The van der Waals surface area contributed by atoms with E-state index in [4.69, 9.17) is 0 Å². The first-order valence-electron chi connectivity index (χ1n) is 7.50. The number of aryl methyl sites for hydroxylation is 1. The normalized spacial score (nSPS) is 27.6. The molecule has 1 aromatic rings. The Kier molecular flexibility index (Phi) is 5.12. The van der Waals surface area contributed by atoms with E-state index < -0.39 is 0 Å². The number of nitrogens with one attached hydrogen (secondary N) is 2. The van der Waals surface area contributed by atoms with Crippen LogP contribution in [-0.4, -0.2) is 23.1 Å². The van der Waals surface area contributed by atoms with Crippen LogP contribution >= 0.6 is 12.4 Å². The molecule has 2 fully saturated rings. The fraction of sp³-hybridized carbons (Fsp3) is 0.562. The molecule has 3 N–H and O–H groups in total. The standard InChI is InChI=1S/C16H22N2O2.ClH/c1-10-6-7-13(15(19)8-10)18-16(20)14-9-11-4-2-3-5-12(11)17-14;/h6-8,11-12,14,17,19H,2-5,9H2,1H3,(H,18,20);1H. The number of phenols is 1. The zero-order valence-corrected chi connectivity index (χ0v) is 13.1. The van der Waals surface area contributed by atoms with Crippen molar-refractivity contribution in [1.29, 1.82) is 0 Å². The van der Waals surface area contributed by atoms with Gasteiger partial charge in [-0.3, -0.25) is 4.79 Å². The molecule has 3 unspecified atom stereocenters. The van der Waals surface area contributed by atoms with Gasteiger partial charge in [-0.05, 0) is 49.8 Å². The summed E-state index contributed by atoms with van der Waals surface area (Å²) in [5.74, 6) is 0.749. The molecule has 0 bridgehead atoms. The Morgan fingerprint density at radius 2 is 2.10 bits per heavy atom. The molecule has 4 nitrogen and oxygen atoms in total. The van der Waals surface area contributed by atoms with E-state index in [0.717, 1.165) is 12.0 Å². The summed E-state index contributed by atoms with van der Waals surface area (Å²) in [5.41, 5.74) is 1.47. The van der Waals surface area contributed by atoms with E-state index in [1.165, 1.54) is 25.7 Å². The van der Waals surface area contributed by atoms with Crippen molar-refractivity contribution in [3.8, 4) is 5.75 Å². The second kappa shape index (κ2) is 6.67. The summed E-state index contributed by atoms with van der Waals surface area (Å²) in [4.78, 5) is 12.3. The number of amides is 1. The molecule has 1 saturated carbocycles. The third-order valence-corrected chi connectivity index (χ3v) is 4.59. The first-order valence-corrected chi connectivity index (χ1v) is 7.50. The van der Waals surface area contributed by atoms with Gasteiger partial charge in [0.05, 0.1) is 11.7 Å². The SMILES string of the molecule is Cc1ccc(NC(=O)C2CC3CCCCC3N2)c(O)c1.Cl. The smallest absolute Gasteiger partial charge is 0.241 e. The van der Waals surface area contributed by atoms with Gasteiger partial charge in [0.1, 0.15) is 5.75 Å². The zero-order chi connectivity index (χ0) is 14.1. The lowest BCUT2D eigenvalue weighted by molar-refractivity contribution is -0.117. The van der Waals surface area contributed by atoms with Gasteiger partial charge in [0.2, 0.25) is 5.91 Å². The van der Waals surface area contributed by atoms with E-state index in [0.29, 0.717) is 17.6 Å². The lowest BCUT2D eigenvalue weighted by Crippen LogP contribution is -2.39. The highest BCUT2D eigenvalue weighted by atomic mass is 35.5. The Morgan fingerprint density at radius 3 is 2.81 bits per heavy atom. The second-order valence-corrected chi connectivity index (χ2v) is 6.12. The first kappa shape index (κ1) is 16.1. The fourth-order valence-electron chi connectivity index (χ4n) is 3.49. The van der Waals surface area contributed by atoms with Gasteiger partial charge in [-0.15, -0.1) is 12.4 Å². The fourth-order valence-corrected chi connectivity index (χ4v) is 3.49. The number of aromatic hydroxyl groups is 1. The molecule has 1 amide bonds. The summed E-state index contributed by atoms with van der Waals surface area (Å²) in [6.07, 6.45) is 5.89. The topological polar surface area (TPSA) is 61.4 Å². The van der Waals surface area contributed by atoms with Gasteiger partial charge in [-0.2, -0.15) is 0 Å². The van der Waals surface area contributed by atoms with Crippen molar-refractivity contribution in [3.63, 3.8) is 0 Å². The van der Waals surface area contributed by atoms with Crippen LogP contribution in [0.1, 0.15) is 37.7 Å². The second-order valence-electron chi connectivity index (χ2n) is 6.12. The predicted octanol–water partition coefficient (Wildman–Crippen LogP) is 2.98. The maximum absolute atomic E-state index is 12.3. The van der Waals surface area contributed by atoms with Gasteiger partial charge in [0.15, 0.2) is 0 Å². The minimum atomic E-state index is -0.121. The van der Waals surface area contributed by atoms with Crippen LogP contribution in [0.2, 0.25) is 0 Å². The summed E-state index contributed by atoms with van der Waals surface area (Å²) in [5, 5.41) is 16.1. The van der Waals surface area contributed by atoms with E-state index in [2.05, 4.69) is 10.6 Å². The maximum Gasteiger partial charge on any atom is 0.241 e. The lowest BCUT2D eigenvalue weighted by atomic mass is 9.85. The van der Waals surface area contributed by atoms with Crippen molar-refractivity contribution in [2.45, 2.75) is 51.1 Å². The van der Waals surface area contributed by atoms with E-state index in [1.807, 2.05) is 13.0 Å². The lowest BCUT2D eigenvalue weighted by Gasteiger charge is -2.24. The van der Waals surface area contributed by atoms with Crippen LogP contribution < -0.4 is 10.6 Å². The van der Waals surface area contributed by atoms with Gasteiger partial charge in [0, 0.05) is 6.04 Å². The number of carbonyl (C=O) groups is 1. The molecule has 1 heterocycles. The molecule has 1 saturated heterocycles. The Hall–Kier alpha value is -1.26. The number of benzene rings is 1. The Bertz CT molecular complexity index is 507. The van der Waals surface area contributed by atoms with Crippen molar-refractivity contribution in [2.24, 2.45) is 5.92 Å². The average molecular weight is 311 g/mol. The van der Waals surface area contributed by atoms with Gasteiger partial charge >= 0.3 is 0 Å². The number of phenolic OH excluding ortho intramolecular Hbond substituents is 1. The summed E-state index contributed by atoms with van der Waals surface area (Å²) in [6.45, 7) is 1.91. The molecule has 0 spiro atoms. The summed E-state index contributed by atoms with van der Waals surface area (Å²) >= 11 is 0. The van der Waals surface area contributed by atoms with Gasteiger partial charge < -0.3 is 15.7 Å². The molecule has 1 aliphatic carbocycles. The molecule has 21 heavy (non-hydrogen) atoms. The largest absolute Gasteiger partial charge is 0.506 e. The van der Waals surface area contributed by atoms with Crippen molar-refractivity contribution in [1.82, 2.24) is 5.32 Å². The zero-order valence-electron chi connectivity index (χ0n) is 12.3. The Balaban J connectivity index is 0.00000161. The highest BCUT2D eigenvalue weighted by molar-refractivity contribution is 5.96. The molecule has 1 aliphatic heterocycles. The van der Waals surface area contributed by atoms with Crippen LogP contribution in [0, 0.1) is 12.8 Å². The van der Waals surface area contributed by atoms with Crippen LogP contribution in [0.4, 0.5) is 5.69 Å². The van der Waals surface area contributed by atoms with Crippen LogP contribution in [0.3, 0.4) is 0 Å². The van der Waals surface area contributed by atoms with E-state index >= 15 is 0 Å². The van der Waals surface area contributed by atoms with Crippen LogP contribution in [0.25, 0.3) is 0 Å². The molecule has 116 valence electrons. The van der Waals surface area contributed by atoms with E-state index in [-0.39, 0.29) is 30.1 Å². The minimum absolute atomic E-state index is 0. The highest BCUT2D eigenvalue weighted by Crippen LogP contribution is 2.34. The third kappa shape index (κ3) is 3.50. The van der Waals surface area contributed by atoms with Crippen LogP contribution in [-0.2, 0) is 4.79 Å². The minimum Gasteiger partial charge on any atom is -0.506 e. The number of rotatable bonds is 2. The Labute approximate surface area is 131 Å². The molecular weight excluding hydrogens is 288 g/mol. The number of carbonyl (C=O) groups excluding carboxylic acids is 1. The average Bonchev–Trinajstić information content (AvgIpc) is 2.86. The number of hydrogen-bond donors (Lipinski definition) is 3. The third-order valence-electron chi connectivity index (χ3n) is 4.59. The quantitative estimate of drug-likeness (QED) is 0.736. The number of fused-ring (bicyclic) bond motifs is 1. The van der Waals surface area contributed by atoms with Gasteiger partial charge in [0.25, 0.3) is 0 Å². The molecule has 3 atom stereocenters. The summed E-state index contributed by atoms with van der Waals surface area (Å²) < 4.78 is 0. The van der Waals surface area contributed by atoms with E-state index in [1.54, 1.807) is 12.1 Å². The predicted molar refractivity (Wildman–Crippen MR) is 86.0 cm³/mol.